The second-order valence-corrected chi connectivity index (χ2v) is 5.92. The Hall–Kier alpha value is -0.610. The molecular formula is C16H32N2O2. The van der Waals surface area contributed by atoms with Crippen molar-refractivity contribution in [1.29, 1.82) is 0 Å². The second kappa shape index (κ2) is 8.63. The Morgan fingerprint density at radius 1 is 1.35 bits per heavy atom. The van der Waals surface area contributed by atoms with E-state index in [0.717, 1.165) is 32.4 Å². The van der Waals surface area contributed by atoms with E-state index >= 15 is 0 Å². The van der Waals surface area contributed by atoms with Crippen molar-refractivity contribution in [3.05, 3.63) is 0 Å². The molecular weight excluding hydrogens is 252 g/mol. The molecule has 0 aromatic carbocycles. The van der Waals surface area contributed by atoms with Crippen molar-refractivity contribution in [2.24, 2.45) is 0 Å². The van der Waals surface area contributed by atoms with Crippen LogP contribution in [0.25, 0.3) is 0 Å². The zero-order valence-electron chi connectivity index (χ0n) is 13.7. The summed E-state index contributed by atoms with van der Waals surface area (Å²) in [5.74, 6) is -0.0636. The first-order chi connectivity index (χ1) is 9.59. The summed E-state index contributed by atoms with van der Waals surface area (Å²) >= 11 is 0. The molecule has 1 saturated carbocycles. The molecule has 1 aliphatic rings. The van der Waals surface area contributed by atoms with Gasteiger partial charge in [-0.25, -0.2) is 0 Å². The average Bonchev–Trinajstić information content (AvgIpc) is 2.85. The lowest BCUT2D eigenvalue weighted by atomic mass is 9.97. The first-order valence-corrected chi connectivity index (χ1v) is 8.22. The van der Waals surface area contributed by atoms with Crippen LogP contribution in [0.5, 0.6) is 0 Å². The number of hydrogen-bond acceptors (Lipinski definition) is 4. The van der Waals surface area contributed by atoms with Crippen LogP contribution in [0, 0.1) is 0 Å². The summed E-state index contributed by atoms with van der Waals surface area (Å²) in [6.07, 6.45) is 6.63. The molecule has 0 amide bonds. The first kappa shape index (κ1) is 17.4. The van der Waals surface area contributed by atoms with Gasteiger partial charge in [0, 0.05) is 6.04 Å². The van der Waals surface area contributed by atoms with Gasteiger partial charge in [-0.15, -0.1) is 0 Å². The number of esters is 1. The van der Waals surface area contributed by atoms with Crippen LogP contribution in [0.1, 0.15) is 59.3 Å². The molecule has 0 radical (unpaired) electrons. The van der Waals surface area contributed by atoms with Crippen molar-refractivity contribution in [2.75, 3.05) is 26.7 Å². The third-order valence-electron chi connectivity index (χ3n) is 4.41. The van der Waals surface area contributed by atoms with Crippen molar-refractivity contribution in [3.8, 4) is 0 Å². The number of nitrogens with zero attached hydrogens (tertiary/aromatic N) is 1. The fourth-order valence-electron chi connectivity index (χ4n) is 3.22. The van der Waals surface area contributed by atoms with Gasteiger partial charge >= 0.3 is 5.97 Å². The van der Waals surface area contributed by atoms with Crippen LogP contribution in [0.15, 0.2) is 0 Å². The third kappa shape index (κ3) is 4.45. The van der Waals surface area contributed by atoms with E-state index in [2.05, 4.69) is 31.1 Å². The SMILES string of the molecule is CCCCCN(C)C1CCC(NCC)(C(=O)OCC)C1. The highest BCUT2D eigenvalue weighted by atomic mass is 16.5. The zero-order valence-corrected chi connectivity index (χ0v) is 13.7. The highest BCUT2D eigenvalue weighted by molar-refractivity contribution is 5.81. The molecule has 2 atom stereocenters. The Balaban J connectivity index is 2.57. The molecule has 2 unspecified atom stereocenters. The van der Waals surface area contributed by atoms with Crippen LogP contribution in [0.4, 0.5) is 0 Å². The second-order valence-electron chi connectivity index (χ2n) is 5.92. The van der Waals surface area contributed by atoms with Gasteiger partial charge in [-0.05, 0) is 52.7 Å². The lowest BCUT2D eigenvalue weighted by molar-refractivity contribution is -0.151. The Morgan fingerprint density at radius 3 is 2.70 bits per heavy atom. The van der Waals surface area contributed by atoms with E-state index in [0.29, 0.717) is 12.6 Å². The van der Waals surface area contributed by atoms with Crippen LogP contribution in [0.2, 0.25) is 0 Å². The molecule has 0 saturated heterocycles. The maximum Gasteiger partial charge on any atom is 0.326 e. The molecule has 0 aliphatic heterocycles. The molecule has 1 fully saturated rings. The lowest BCUT2D eigenvalue weighted by Crippen LogP contribution is -2.52. The van der Waals surface area contributed by atoms with E-state index in [1.165, 1.54) is 19.3 Å². The number of likely N-dealkylation sites (N-methyl/N-ethyl adjacent to an activating group) is 1. The summed E-state index contributed by atoms with van der Waals surface area (Å²) in [5, 5.41) is 3.39. The Kier molecular flexibility index (Phi) is 7.52. The molecule has 1 aliphatic carbocycles. The Morgan fingerprint density at radius 2 is 2.10 bits per heavy atom. The summed E-state index contributed by atoms with van der Waals surface area (Å²) in [6, 6.07) is 0.496. The van der Waals surface area contributed by atoms with Crippen LogP contribution in [-0.2, 0) is 9.53 Å². The van der Waals surface area contributed by atoms with Crippen molar-refractivity contribution in [1.82, 2.24) is 10.2 Å². The van der Waals surface area contributed by atoms with Crippen LogP contribution in [-0.4, -0.2) is 49.2 Å². The smallest absolute Gasteiger partial charge is 0.326 e. The predicted octanol–water partition coefficient (Wildman–Crippen LogP) is 2.57. The minimum absolute atomic E-state index is 0.0636. The highest BCUT2D eigenvalue weighted by Crippen LogP contribution is 2.34. The van der Waals surface area contributed by atoms with E-state index in [9.17, 15) is 4.79 Å². The van der Waals surface area contributed by atoms with E-state index in [1.807, 2.05) is 6.92 Å². The number of rotatable bonds is 9. The van der Waals surface area contributed by atoms with Crippen molar-refractivity contribution < 1.29 is 9.53 Å². The quantitative estimate of drug-likeness (QED) is 0.522. The van der Waals surface area contributed by atoms with E-state index in [1.54, 1.807) is 0 Å². The van der Waals surface area contributed by atoms with Gasteiger partial charge in [0.2, 0.25) is 0 Å². The third-order valence-corrected chi connectivity index (χ3v) is 4.41. The van der Waals surface area contributed by atoms with Gasteiger partial charge in [0.05, 0.1) is 6.61 Å². The molecule has 0 bridgehead atoms. The van der Waals surface area contributed by atoms with Crippen molar-refractivity contribution in [3.63, 3.8) is 0 Å². The molecule has 4 heteroatoms. The van der Waals surface area contributed by atoms with Gasteiger partial charge in [-0.1, -0.05) is 26.7 Å². The van der Waals surface area contributed by atoms with Gasteiger partial charge in [-0.3, -0.25) is 4.79 Å². The predicted molar refractivity (Wildman–Crippen MR) is 82.8 cm³/mol. The summed E-state index contributed by atoms with van der Waals surface area (Å²) in [4.78, 5) is 14.7. The standard InChI is InChI=1S/C16H32N2O2/c1-5-8-9-12-18(4)14-10-11-16(13-14,17-6-2)15(19)20-7-3/h14,17H,5-13H2,1-4H3. The molecule has 4 nitrogen and oxygen atoms in total. The van der Waals surface area contributed by atoms with Gasteiger partial charge < -0.3 is 15.0 Å². The zero-order chi connectivity index (χ0) is 15.0. The van der Waals surface area contributed by atoms with E-state index in [-0.39, 0.29) is 5.97 Å². The number of nitrogens with one attached hydrogen (secondary N) is 1. The molecule has 0 heterocycles. The highest BCUT2D eigenvalue weighted by Gasteiger charge is 2.46. The first-order valence-electron chi connectivity index (χ1n) is 8.22. The largest absolute Gasteiger partial charge is 0.465 e. The van der Waals surface area contributed by atoms with Gasteiger partial charge in [-0.2, -0.15) is 0 Å². The van der Waals surface area contributed by atoms with Gasteiger partial charge in [0.25, 0.3) is 0 Å². The number of unbranched alkanes of at least 4 members (excludes halogenated alkanes) is 2. The number of hydrogen-bond donors (Lipinski definition) is 1. The van der Waals surface area contributed by atoms with Crippen LogP contribution in [0.3, 0.4) is 0 Å². The fourth-order valence-corrected chi connectivity index (χ4v) is 3.22. The van der Waals surface area contributed by atoms with Gasteiger partial charge in [0.15, 0.2) is 0 Å². The van der Waals surface area contributed by atoms with Crippen LogP contribution >= 0.6 is 0 Å². The normalized spacial score (nSPS) is 26.1. The molecule has 20 heavy (non-hydrogen) atoms. The summed E-state index contributed by atoms with van der Waals surface area (Å²) in [7, 11) is 2.19. The van der Waals surface area contributed by atoms with Gasteiger partial charge in [0.1, 0.15) is 5.54 Å². The Labute approximate surface area is 124 Å². The summed E-state index contributed by atoms with van der Waals surface area (Å²) in [6.45, 7) is 8.56. The molecule has 0 spiro atoms. The van der Waals surface area contributed by atoms with E-state index in [4.69, 9.17) is 4.74 Å². The van der Waals surface area contributed by atoms with E-state index < -0.39 is 5.54 Å². The Bertz CT molecular complexity index is 296. The number of carbonyl (C=O) groups excluding carboxylic acids is 1. The maximum absolute atomic E-state index is 12.3. The minimum atomic E-state index is -0.450. The monoisotopic (exact) mass is 284 g/mol. The lowest BCUT2D eigenvalue weighted by Gasteiger charge is -2.30. The molecule has 118 valence electrons. The fraction of sp³-hybridized carbons (Fsp3) is 0.938. The van der Waals surface area contributed by atoms with Crippen molar-refractivity contribution in [2.45, 2.75) is 70.9 Å². The summed E-state index contributed by atoms with van der Waals surface area (Å²) < 4.78 is 5.29. The summed E-state index contributed by atoms with van der Waals surface area (Å²) in [5.41, 5.74) is -0.450. The molecule has 0 aromatic rings. The van der Waals surface area contributed by atoms with Crippen molar-refractivity contribution >= 4 is 5.97 Å². The topological polar surface area (TPSA) is 41.6 Å². The maximum atomic E-state index is 12.3. The minimum Gasteiger partial charge on any atom is -0.465 e. The number of carbonyl (C=O) groups is 1. The molecule has 0 aromatic heterocycles. The number of ether oxygens (including phenoxy) is 1. The average molecular weight is 284 g/mol. The molecule has 1 rings (SSSR count). The van der Waals surface area contributed by atoms with Crippen LogP contribution < -0.4 is 5.32 Å². The molecule has 1 N–H and O–H groups in total.